The zero-order valence-electron chi connectivity index (χ0n) is 11.6. The number of benzene rings is 1. The fraction of sp³-hybridized carbons (Fsp3) is 0.467. The molecule has 1 aliphatic rings. The Morgan fingerprint density at radius 1 is 1.33 bits per heavy atom. The Bertz CT molecular complexity index is 503. The molecule has 1 heterocycles. The number of halogens is 1. The minimum Gasteiger partial charge on any atom is -0.493 e. The van der Waals surface area contributed by atoms with Crippen LogP contribution in [-0.4, -0.2) is 41.6 Å². The minimum absolute atomic E-state index is 0.0435. The maximum absolute atomic E-state index is 12.1. The zero-order chi connectivity index (χ0) is 15.2. The molecule has 0 aliphatic carbocycles. The van der Waals surface area contributed by atoms with Crippen LogP contribution in [0, 0.1) is 5.92 Å². The molecule has 0 aromatic heterocycles. The zero-order valence-corrected chi connectivity index (χ0v) is 13.2. The number of hydrogen-bond donors (Lipinski definition) is 1. The Hall–Kier alpha value is -1.56. The van der Waals surface area contributed by atoms with Gasteiger partial charge in [-0.3, -0.25) is 9.59 Å². The quantitative estimate of drug-likeness (QED) is 0.881. The number of carbonyl (C=O) groups excluding carboxylic acids is 1. The van der Waals surface area contributed by atoms with Gasteiger partial charge in [0.2, 0.25) is 5.91 Å². The van der Waals surface area contributed by atoms with E-state index in [0.717, 1.165) is 10.9 Å². The van der Waals surface area contributed by atoms with Gasteiger partial charge in [-0.2, -0.15) is 0 Å². The van der Waals surface area contributed by atoms with E-state index in [0.29, 0.717) is 31.9 Å². The molecular formula is C15H18BrNO4. The van der Waals surface area contributed by atoms with Crippen molar-refractivity contribution in [2.45, 2.75) is 19.3 Å². The summed E-state index contributed by atoms with van der Waals surface area (Å²) in [6.45, 7) is 1.25. The number of likely N-dealkylation sites (tertiary alicyclic amines) is 1. The summed E-state index contributed by atoms with van der Waals surface area (Å²) in [5.41, 5.74) is 0. The van der Waals surface area contributed by atoms with Gasteiger partial charge in [0.05, 0.1) is 18.9 Å². The van der Waals surface area contributed by atoms with Crippen LogP contribution < -0.4 is 4.74 Å². The highest BCUT2D eigenvalue weighted by Crippen LogP contribution is 2.18. The number of hydrogen-bond acceptors (Lipinski definition) is 3. The van der Waals surface area contributed by atoms with Crippen molar-refractivity contribution in [3.63, 3.8) is 0 Å². The normalized spacial score (nSPS) is 18.3. The van der Waals surface area contributed by atoms with Crippen LogP contribution in [0.25, 0.3) is 0 Å². The number of aliphatic carboxylic acids is 1. The molecule has 1 aliphatic heterocycles. The third-order valence-corrected chi connectivity index (χ3v) is 4.05. The molecule has 0 radical (unpaired) electrons. The molecular weight excluding hydrogens is 338 g/mol. The molecule has 1 N–H and O–H groups in total. The van der Waals surface area contributed by atoms with E-state index in [4.69, 9.17) is 9.84 Å². The predicted octanol–water partition coefficient (Wildman–Crippen LogP) is 2.54. The van der Waals surface area contributed by atoms with Gasteiger partial charge in [-0.15, -0.1) is 0 Å². The number of piperidine rings is 1. The molecule has 1 saturated heterocycles. The van der Waals surface area contributed by atoms with E-state index in [2.05, 4.69) is 15.9 Å². The Balaban J connectivity index is 1.76. The average molecular weight is 356 g/mol. The first kappa shape index (κ1) is 15.8. The Labute approximate surface area is 132 Å². The number of carbonyl (C=O) groups is 2. The molecule has 5 nitrogen and oxygen atoms in total. The topological polar surface area (TPSA) is 66.8 Å². The van der Waals surface area contributed by atoms with E-state index in [1.165, 1.54) is 0 Å². The minimum atomic E-state index is -0.821. The number of amides is 1. The molecule has 1 fully saturated rings. The van der Waals surface area contributed by atoms with Gasteiger partial charge < -0.3 is 14.7 Å². The van der Waals surface area contributed by atoms with Gasteiger partial charge in [0.25, 0.3) is 0 Å². The van der Waals surface area contributed by atoms with Crippen molar-refractivity contribution >= 4 is 27.8 Å². The van der Waals surface area contributed by atoms with Crippen LogP contribution in [0.2, 0.25) is 0 Å². The van der Waals surface area contributed by atoms with Gasteiger partial charge >= 0.3 is 5.97 Å². The molecule has 0 spiro atoms. The summed E-state index contributed by atoms with van der Waals surface area (Å²) in [7, 11) is 0. The lowest BCUT2D eigenvalue weighted by atomic mass is 9.98. The number of carboxylic acid groups (broad SMARTS) is 1. The van der Waals surface area contributed by atoms with Gasteiger partial charge in [-0.1, -0.05) is 15.9 Å². The van der Waals surface area contributed by atoms with Gasteiger partial charge in [-0.05, 0) is 37.1 Å². The van der Waals surface area contributed by atoms with E-state index in [1.807, 2.05) is 24.3 Å². The van der Waals surface area contributed by atoms with Crippen molar-refractivity contribution < 1.29 is 19.4 Å². The molecule has 1 aromatic carbocycles. The summed E-state index contributed by atoms with van der Waals surface area (Å²) < 4.78 is 6.48. The third-order valence-electron chi connectivity index (χ3n) is 3.52. The van der Waals surface area contributed by atoms with Crippen LogP contribution in [-0.2, 0) is 9.59 Å². The van der Waals surface area contributed by atoms with Crippen molar-refractivity contribution in [1.29, 1.82) is 0 Å². The number of nitrogens with zero attached hydrogens (tertiary/aromatic N) is 1. The van der Waals surface area contributed by atoms with E-state index < -0.39 is 11.9 Å². The highest BCUT2D eigenvalue weighted by atomic mass is 79.9. The SMILES string of the molecule is O=C(O)[C@H]1CCCN(C(=O)CCOc2ccc(Br)cc2)C1. The van der Waals surface area contributed by atoms with Gasteiger partial charge in [0.1, 0.15) is 5.75 Å². The van der Waals surface area contributed by atoms with Crippen LogP contribution in [0.1, 0.15) is 19.3 Å². The summed E-state index contributed by atoms with van der Waals surface area (Å²) in [6, 6.07) is 7.41. The number of ether oxygens (including phenoxy) is 1. The smallest absolute Gasteiger partial charge is 0.308 e. The number of carboxylic acids is 1. The largest absolute Gasteiger partial charge is 0.493 e. The molecule has 6 heteroatoms. The summed E-state index contributed by atoms with van der Waals surface area (Å²) in [5, 5.41) is 9.02. The van der Waals surface area contributed by atoms with Gasteiger partial charge in [-0.25, -0.2) is 0 Å². The maximum atomic E-state index is 12.1. The summed E-state index contributed by atoms with van der Waals surface area (Å²) in [6.07, 6.45) is 1.66. The Kier molecular flexibility index (Phi) is 5.61. The second-order valence-corrected chi connectivity index (χ2v) is 5.99. The molecule has 1 atom stereocenters. The van der Waals surface area contributed by atoms with Gasteiger partial charge in [0, 0.05) is 17.6 Å². The van der Waals surface area contributed by atoms with Crippen LogP contribution >= 0.6 is 15.9 Å². The van der Waals surface area contributed by atoms with E-state index in [9.17, 15) is 9.59 Å². The second kappa shape index (κ2) is 7.45. The maximum Gasteiger partial charge on any atom is 0.308 e. The fourth-order valence-electron chi connectivity index (χ4n) is 2.35. The third kappa shape index (κ3) is 4.74. The Morgan fingerprint density at radius 2 is 2.05 bits per heavy atom. The van der Waals surface area contributed by atoms with E-state index in [-0.39, 0.29) is 12.3 Å². The van der Waals surface area contributed by atoms with Crippen molar-refractivity contribution in [2.75, 3.05) is 19.7 Å². The number of rotatable bonds is 5. The second-order valence-electron chi connectivity index (χ2n) is 5.07. The molecule has 2 rings (SSSR count). The van der Waals surface area contributed by atoms with Crippen LogP contribution in [0.15, 0.2) is 28.7 Å². The molecule has 0 saturated carbocycles. The summed E-state index contributed by atoms with van der Waals surface area (Å²) in [4.78, 5) is 24.7. The summed E-state index contributed by atoms with van der Waals surface area (Å²) >= 11 is 3.34. The van der Waals surface area contributed by atoms with Crippen molar-refractivity contribution in [3.8, 4) is 5.75 Å². The first-order chi connectivity index (χ1) is 10.1. The average Bonchev–Trinajstić information content (AvgIpc) is 2.49. The van der Waals surface area contributed by atoms with Crippen LogP contribution in [0.3, 0.4) is 0 Å². The first-order valence-corrected chi connectivity index (χ1v) is 7.74. The highest BCUT2D eigenvalue weighted by Gasteiger charge is 2.27. The fourth-order valence-corrected chi connectivity index (χ4v) is 2.61. The standard InChI is InChI=1S/C15H18BrNO4/c16-12-3-5-13(6-4-12)21-9-7-14(18)17-8-1-2-11(10-17)15(19)20/h3-6,11H,1-2,7-10H2,(H,19,20)/t11-/m0/s1. The monoisotopic (exact) mass is 355 g/mol. The van der Waals surface area contributed by atoms with E-state index in [1.54, 1.807) is 4.90 Å². The molecule has 114 valence electrons. The van der Waals surface area contributed by atoms with Crippen LogP contribution in [0.5, 0.6) is 5.75 Å². The summed E-state index contributed by atoms with van der Waals surface area (Å²) in [5.74, 6) is -0.583. The lowest BCUT2D eigenvalue weighted by Gasteiger charge is -2.30. The molecule has 1 aromatic rings. The highest BCUT2D eigenvalue weighted by molar-refractivity contribution is 9.10. The first-order valence-electron chi connectivity index (χ1n) is 6.95. The molecule has 0 bridgehead atoms. The van der Waals surface area contributed by atoms with Crippen molar-refractivity contribution in [2.24, 2.45) is 5.92 Å². The molecule has 0 unspecified atom stereocenters. The van der Waals surface area contributed by atoms with Crippen molar-refractivity contribution in [3.05, 3.63) is 28.7 Å². The Morgan fingerprint density at radius 3 is 2.71 bits per heavy atom. The lowest BCUT2D eigenvalue weighted by molar-refractivity contribution is -0.145. The predicted molar refractivity (Wildman–Crippen MR) is 81.2 cm³/mol. The molecule has 1 amide bonds. The van der Waals surface area contributed by atoms with E-state index >= 15 is 0 Å². The molecule has 21 heavy (non-hydrogen) atoms. The lowest BCUT2D eigenvalue weighted by Crippen LogP contribution is -2.42. The van der Waals surface area contributed by atoms with Crippen LogP contribution in [0.4, 0.5) is 0 Å². The van der Waals surface area contributed by atoms with Crippen molar-refractivity contribution in [1.82, 2.24) is 4.90 Å². The van der Waals surface area contributed by atoms with Gasteiger partial charge in [0.15, 0.2) is 0 Å².